The van der Waals surface area contributed by atoms with Gasteiger partial charge in [0.1, 0.15) is 12.7 Å². The highest BCUT2D eigenvalue weighted by atomic mass is 31.2. The van der Waals surface area contributed by atoms with Gasteiger partial charge in [-0.2, -0.15) is 0 Å². The zero-order chi connectivity index (χ0) is 32.9. The molecule has 0 rings (SSSR count). The Morgan fingerprint density at radius 2 is 1.30 bits per heavy atom. The van der Waals surface area contributed by atoms with Gasteiger partial charge < -0.3 is 25.2 Å². The fourth-order valence-corrected chi connectivity index (χ4v) is 4.21. The minimum absolute atomic E-state index is 0.0904. The zero-order valence-electron chi connectivity index (χ0n) is 26.2. The largest absolute Gasteiger partial charge is 0.480 e. The molecule has 0 saturated heterocycles. The summed E-state index contributed by atoms with van der Waals surface area (Å²) in [6.45, 7) is 1.92. The molecule has 0 aromatic carbocycles. The molecule has 4 N–H and O–H groups in total. The van der Waals surface area contributed by atoms with Gasteiger partial charge in [0, 0.05) is 12.8 Å². The van der Waals surface area contributed by atoms with Gasteiger partial charge >= 0.3 is 19.8 Å². The summed E-state index contributed by atoms with van der Waals surface area (Å²) in [5.41, 5.74) is 0. The number of phosphoric ester groups is 1. The molecule has 12 heteroatoms. The van der Waals surface area contributed by atoms with Crippen LogP contribution in [0.2, 0.25) is 0 Å². The van der Waals surface area contributed by atoms with Crippen LogP contribution in [0.5, 0.6) is 0 Å². The first-order valence-electron chi connectivity index (χ1n) is 15.3. The van der Waals surface area contributed by atoms with E-state index in [4.69, 9.17) is 9.84 Å². The lowest BCUT2D eigenvalue weighted by molar-refractivity contribution is -0.147. The van der Waals surface area contributed by atoms with Crippen LogP contribution in [0.3, 0.4) is 0 Å². The van der Waals surface area contributed by atoms with Crippen LogP contribution >= 0.6 is 7.82 Å². The van der Waals surface area contributed by atoms with Crippen molar-refractivity contribution in [2.24, 2.45) is 0 Å². The fourth-order valence-electron chi connectivity index (χ4n) is 3.44. The number of amides is 1. The van der Waals surface area contributed by atoms with Crippen molar-refractivity contribution in [1.82, 2.24) is 5.32 Å². The first-order valence-corrected chi connectivity index (χ1v) is 16.8. The maximum absolute atomic E-state index is 12.0. The van der Waals surface area contributed by atoms with E-state index in [0.29, 0.717) is 12.8 Å². The van der Waals surface area contributed by atoms with E-state index in [2.05, 4.69) is 82.0 Å². The molecule has 0 saturated carbocycles. The van der Waals surface area contributed by atoms with E-state index in [0.717, 1.165) is 51.4 Å². The van der Waals surface area contributed by atoms with Crippen molar-refractivity contribution in [3.8, 4) is 0 Å². The lowest BCUT2D eigenvalue weighted by Gasteiger charge is -2.18. The molecule has 11 nitrogen and oxygen atoms in total. The van der Waals surface area contributed by atoms with Crippen molar-refractivity contribution < 1.29 is 47.8 Å². The molecule has 44 heavy (non-hydrogen) atoms. The van der Waals surface area contributed by atoms with Gasteiger partial charge in [0.15, 0.2) is 6.04 Å². The lowest BCUT2D eigenvalue weighted by Crippen LogP contribution is -2.43. The minimum atomic E-state index is -4.73. The van der Waals surface area contributed by atoms with Crippen molar-refractivity contribution in [2.45, 2.75) is 103 Å². The molecular formula is C32H52NO10P. The number of carboxylic acid groups (broad SMARTS) is 1. The van der Waals surface area contributed by atoms with Gasteiger partial charge in [0.05, 0.1) is 13.2 Å². The SMILES string of the molecule is CC/C=C\C/C=C\C/C=C\C/C=C\C/C=C\CCCCCC(=O)OCC(O)COP(=O)(O)OCC(NC(=O)CCC)C(=O)O. The summed E-state index contributed by atoms with van der Waals surface area (Å²) in [5, 5.41) is 21.2. The summed E-state index contributed by atoms with van der Waals surface area (Å²) in [4.78, 5) is 44.4. The van der Waals surface area contributed by atoms with Crippen molar-refractivity contribution in [3.05, 3.63) is 60.8 Å². The molecule has 250 valence electrons. The first kappa shape index (κ1) is 41.2. The number of rotatable bonds is 27. The normalized spacial score (nSPS) is 15.0. The van der Waals surface area contributed by atoms with E-state index < -0.39 is 57.6 Å². The van der Waals surface area contributed by atoms with Gasteiger partial charge in [-0.15, -0.1) is 0 Å². The maximum atomic E-state index is 12.0. The highest BCUT2D eigenvalue weighted by Gasteiger charge is 2.28. The number of nitrogens with one attached hydrogen (secondary N) is 1. The Morgan fingerprint density at radius 1 is 0.750 bits per heavy atom. The number of aliphatic hydroxyl groups is 1. The highest BCUT2D eigenvalue weighted by Crippen LogP contribution is 2.43. The van der Waals surface area contributed by atoms with Crippen molar-refractivity contribution >= 4 is 25.7 Å². The quantitative estimate of drug-likeness (QED) is 0.0356. The van der Waals surface area contributed by atoms with Gasteiger partial charge in [-0.05, 0) is 57.8 Å². The molecule has 0 bridgehead atoms. The summed E-state index contributed by atoms with van der Waals surface area (Å²) in [6, 6.07) is -1.55. The average Bonchev–Trinajstić information content (AvgIpc) is 2.98. The molecule has 0 spiro atoms. The van der Waals surface area contributed by atoms with Crippen LogP contribution in [-0.2, 0) is 32.7 Å². The minimum Gasteiger partial charge on any atom is -0.480 e. The number of carbonyl (C=O) groups excluding carboxylic acids is 2. The smallest absolute Gasteiger partial charge is 0.472 e. The maximum Gasteiger partial charge on any atom is 0.472 e. The Labute approximate surface area is 262 Å². The molecular weight excluding hydrogens is 589 g/mol. The topological polar surface area (TPSA) is 169 Å². The summed E-state index contributed by atoms with van der Waals surface area (Å²) in [6.07, 6.45) is 29.1. The Bertz CT molecular complexity index is 990. The van der Waals surface area contributed by atoms with Crippen LogP contribution in [0.1, 0.15) is 90.9 Å². The van der Waals surface area contributed by atoms with E-state index in [1.165, 1.54) is 0 Å². The summed E-state index contributed by atoms with van der Waals surface area (Å²) < 4.78 is 26.2. The van der Waals surface area contributed by atoms with Crippen LogP contribution < -0.4 is 5.32 Å². The van der Waals surface area contributed by atoms with E-state index in [-0.39, 0.29) is 12.8 Å². The van der Waals surface area contributed by atoms with Crippen molar-refractivity contribution in [3.63, 3.8) is 0 Å². The Hall–Kier alpha value is -2.82. The molecule has 0 aliphatic rings. The monoisotopic (exact) mass is 641 g/mol. The number of phosphoric acid groups is 1. The number of aliphatic carboxylic acids is 1. The number of hydrogen-bond donors (Lipinski definition) is 4. The van der Waals surface area contributed by atoms with Crippen LogP contribution in [-0.4, -0.2) is 64.9 Å². The standard InChI is InChI=1S/C32H52NO10P/c1-3-5-6-7-8-9-10-11-12-13-14-15-16-17-18-19-20-21-22-24-31(36)41-25-28(34)26-42-44(39,40)43-27-29(32(37)38)33-30(35)23-4-2/h5-6,8-9,11-12,14-15,17-18,28-29,34H,3-4,7,10,13,16,19-27H2,1-2H3,(H,33,35)(H,37,38)(H,39,40)/b6-5-,9-8-,12-11-,15-14-,18-17-. The molecule has 0 radical (unpaired) electrons. The van der Waals surface area contributed by atoms with Crippen LogP contribution in [0, 0.1) is 0 Å². The molecule has 0 aliphatic heterocycles. The second-order valence-corrected chi connectivity index (χ2v) is 11.4. The third-order valence-electron chi connectivity index (χ3n) is 5.79. The molecule has 0 aromatic rings. The predicted molar refractivity (Wildman–Crippen MR) is 171 cm³/mol. The molecule has 0 aliphatic carbocycles. The summed E-state index contributed by atoms with van der Waals surface area (Å²) in [5.74, 6) is -2.50. The highest BCUT2D eigenvalue weighted by molar-refractivity contribution is 7.47. The predicted octanol–water partition coefficient (Wildman–Crippen LogP) is 6.10. The summed E-state index contributed by atoms with van der Waals surface area (Å²) in [7, 11) is -4.73. The molecule has 1 amide bonds. The number of carboxylic acids is 1. The van der Waals surface area contributed by atoms with Gasteiger partial charge in [-0.1, -0.05) is 81.0 Å². The van der Waals surface area contributed by atoms with E-state index in [9.17, 15) is 28.9 Å². The molecule has 0 heterocycles. The summed E-state index contributed by atoms with van der Waals surface area (Å²) >= 11 is 0. The molecule has 0 fully saturated rings. The fraction of sp³-hybridized carbons (Fsp3) is 0.594. The Balaban J connectivity index is 3.91. The molecule has 3 unspecified atom stereocenters. The van der Waals surface area contributed by atoms with Gasteiger partial charge in [-0.3, -0.25) is 18.6 Å². The van der Waals surface area contributed by atoms with E-state index in [1.807, 2.05) is 0 Å². The third-order valence-corrected chi connectivity index (χ3v) is 6.74. The van der Waals surface area contributed by atoms with Crippen molar-refractivity contribution in [2.75, 3.05) is 19.8 Å². The van der Waals surface area contributed by atoms with Gasteiger partial charge in [-0.25, -0.2) is 9.36 Å². The first-order chi connectivity index (χ1) is 21.1. The average molecular weight is 642 g/mol. The van der Waals surface area contributed by atoms with Crippen LogP contribution in [0.25, 0.3) is 0 Å². The third kappa shape index (κ3) is 26.8. The molecule has 0 aromatic heterocycles. The Morgan fingerprint density at radius 3 is 1.84 bits per heavy atom. The van der Waals surface area contributed by atoms with Crippen LogP contribution in [0.15, 0.2) is 60.8 Å². The number of carbonyl (C=O) groups is 3. The van der Waals surface area contributed by atoms with Gasteiger partial charge in [0.25, 0.3) is 0 Å². The number of hydrogen-bond acceptors (Lipinski definition) is 8. The Kier molecular flexibility index (Phi) is 25.9. The van der Waals surface area contributed by atoms with Crippen LogP contribution in [0.4, 0.5) is 0 Å². The van der Waals surface area contributed by atoms with Crippen molar-refractivity contribution in [1.29, 1.82) is 0 Å². The van der Waals surface area contributed by atoms with Gasteiger partial charge in [0.2, 0.25) is 5.91 Å². The zero-order valence-corrected chi connectivity index (χ0v) is 27.1. The number of esters is 1. The second-order valence-electron chi connectivity index (χ2n) is 9.91. The van der Waals surface area contributed by atoms with E-state index >= 15 is 0 Å². The lowest BCUT2D eigenvalue weighted by atomic mass is 10.1. The number of ether oxygens (including phenoxy) is 1. The number of aliphatic hydroxyl groups excluding tert-OH is 1. The number of allylic oxidation sites excluding steroid dienone is 10. The van der Waals surface area contributed by atoms with E-state index in [1.54, 1.807) is 6.92 Å². The number of unbranched alkanes of at least 4 members (excludes halogenated alkanes) is 3. The molecule has 3 atom stereocenters. The second kappa shape index (κ2) is 27.7.